The largest absolute Gasteiger partial charge is 0.418 e. The Morgan fingerprint density at radius 2 is 1.59 bits per heavy atom. The third kappa shape index (κ3) is 6.47. The minimum atomic E-state index is -4.55. The fourth-order valence-electron chi connectivity index (χ4n) is 4.12. The molecule has 194 valence electrons. The number of aryl methyl sites for hydroxylation is 2. The zero-order valence-electron chi connectivity index (χ0n) is 21.1. The third-order valence-corrected chi connectivity index (χ3v) is 6.20. The highest BCUT2D eigenvalue weighted by Gasteiger charge is 2.34. The summed E-state index contributed by atoms with van der Waals surface area (Å²) in [5, 5.41) is 4.42. The van der Waals surface area contributed by atoms with Crippen molar-refractivity contribution >= 4 is 5.69 Å². The quantitative estimate of drug-likeness (QED) is 0.332. The molecule has 9 heteroatoms. The van der Waals surface area contributed by atoms with Crippen LogP contribution in [0, 0.1) is 0 Å². The molecule has 6 nitrogen and oxygen atoms in total. The first kappa shape index (κ1) is 26.2. The molecule has 2 aromatic carbocycles. The Balaban J connectivity index is 1.36. The Bertz CT molecular complexity index is 1410. The number of nitrogens with two attached hydrogens (primary N) is 1. The number of hydrogen-bond acceptors (Lipinski definition) is 4. The number of nitrogens with zero attached hydrogens (tertiary/aromatic N) is 3. The monoisotopic (exact) mass is 509 g/mol. The van der Waals surface area contributed by atoms with Gasteiger partial charge in [-0.25, -0.2) is 9.48 Å². The zero-order valence-corrected chi connectivity index (χ0v) is 21.1. The van der Waals surface area contributed by atoms with E-state index in [1.165, 1.54) is 16.4 Å². The van der Waals surface area contributed by atoms with Gasteiger partial charge in [0, 0.05) is 12.0 Å². The molecule has 0 saturated heterocycles. The Kier molecular flexibility index (Phi) is 7.25. The molecule has 0 aliphatic rings. The van der Waals surface area contributed by atoms with E-state index in [-0.39, 0.29) is 22.5 Å². The van der Waals surface area contributed by atoms with Crippen molar-refractivity contribution < 1.29 is 13.2 Å². The van der Waals surface area contributed by atoms with Crippen molar-refractivity contribution in [3.63, 3.8) is 0 Å². The van der Waals surface area contributed by atoms with Crippen LogP contribution in [-0.4, -0.2) is 19.7 Å². The normalized spacial score (nSPS) is 12.2. The van der Waals surface area contributed by atoms with Gasteiger partial charge in [0.1, 0.15) is 5.82 Å². The lowest BCUT2D eigenvalue weighted by Gasteiger charge is -2.19. The number of H-pyrrole nitrogens is 1. The van der Waals surface area contributed by atoms with E-state index in [1.807, 2.05) is 12.1 Å². The van der Waals surface area contributed by atoms with Crippen LogP contribution in [0.5, 0.6) is 0 Å². The highest BCUT2D eigenvalue weighted by Crippen LogP contribution is 2.37. The van der Waals surface area contributed by atoms with Crippen molar-refractivity contribution in [1.29, 1.82) is 0 Å². The fraction of sp³-hybridized carbons (Fsp3) is 0.321. The number of hydrogen-bond donors (Lipinski definition) is 2. The van der Waals surface area contributed by atoms with E-state index >= 15 is 0 Å². The maximum atomic E-state index is 13.4. The summed E-state index contributed by atoms with van der Waals surface area (Å²) in [5.74, 6) is 0.605. The maximum absolute atomic E-state index is 13.4. The number of rotatable bonds is 7. The topological polar surface area (TPSA) is 89.6 Å². The van der Waals surface area contributed by atoms with Gasteiger partial charge < -0.3 is 5.73 Å². The smallest absolute Gasteiger partial charge is 0.397 e. The summed E-state index contributed by atoms with van der Waals surface area (Å²) in [4.78, 5) is 19.1. The van der Waals surface area contributed by atoms with Gasteiger partial charge in [-0.2, -0.15) is 18.3 Å². The summed E-state index contributed by atoms with van der Waals surface area (Å²) in [5.41, 5.74) is 7.84. The van der Waals surface area contributed by atoms with Crippen LogP contribution in [0.2, 0.25) is 0 Å². The second kappa shape index (κ2) is 10.2. The van der Waals surface area contributed by atoms with Crippen LogP contribution >= 0.6 is 0 Å². The second-order valence-corrected chi connectivity index (χ2v) is 10.2. The minimum Gasteiger partial charge on any atom is -0.397 e. The molecule has 0 amide bonds. The van der Waals surface area contributed by atoms with Crippen LogP contribution < -0.4 is 11.4 Å². The lowest BCUT2D eigenvalue weighted by molar-refractivity contribution is -0.137. The van der Waals surface area contributed by atoms with Crippen LogP contribution in [-0.2, 0) is 31.0 Å². The van der Waals surface area contributed by atoms with Crippen LogP contribution in [0.1, 0.15) is 55.3 Å². The number of alkyl halides is 3. The molecule has 4 aromatic rings. The van der Waals surface area contributed by atoms with Crippen LogP contribution in [0.25, 0.3) is 11.3 Å². The molecule has 0 saturated carbocycles. The predicted molar refractivity (Wildman–Crippen MR) is 138 cm³/mol. The molecule has 4 rings (SSSR count). The van der Waals surface area contributed by atoms with Gasteiger partial charge in [0.25, 0.3) is 0 Å². The number of aromatic nitrogens is 4. The predicted octanol–water partition coefficient (Wildman–Crippen LogP) is 5.76. The molecule has 37 heavy (non-hydrogen) atoms. The number of aromatic amines is 1. The van der Waals surface area contributed by atoms with Gasteiger partial charge in [0.05, 0.1) is 29.7 Å². The minimum absolute atomic E-state index is 0.0355. The summed E-state index contributed by atoms with van der Waals surface area (Å²) >= 11 is 0. The molecule has 0 fully saturated rings. The van der Waals surface area contributed by atoms with Crippen molar-refractivity contribution in [2.45, 2.75) is 58.2 Å². The average Bonchev–Trinajstić information content (AvgIpc) is 3.17. The van der Waals surface area contributed by atoms with Gasteiger partial charge in [0.2, 0.25) is 0 Å². The summed E-state index contributed by atoms with van der Waals surface area (Å²) in [6.07, 6.45) is -1.35. The van der Waals surface area contributed by atoms with E-state index in [1.54, 1.807) is 24.3 Å². The molecule has 0 aliphatic carbocycles. The standard InChI is InChI=1S/C28H30F3N5O/c1-27(2,3)21-13-9-19(10-14-21)17-36-26(37)34-24(35-36)6-4-5-18-7-11-20(12-8-18)25-23(28(29,30)31)15-22(32)16-33-25/h7-16H,4-6,17,32H2,1-3H3,(H,34,35,37). The second-order valence-electron chi connectivity index (χ2n) is 10.2. The maximum Gasteiger partial charge on any atom is 0.418 e. The first-order valence-corrected chi connectivity index (χ1v) is 12.1. The lowest BCUT2D eigenvalue weighted by atomic mass is 9.87. The van der Waals surface area contributed by atoms with E-state index in [4.69, 9.17) is 5.73 Å². The van der Waals surface area contributed by atoms with Crippen LogP contribution in [0.3, 0.4) is 0 Å². The molecule has 0 aliphatic heterocycles. The Morgan fingerprint density at radius 1 is 0.946 bits per heavy atom. The highest BCUT2D eigenvalue weighted by molar-refractivity contribution is 5.66. The number of anilines is 1. The third-order valence-electron chi connectivity index (χ3n) is 6.20. The molecule has 2 aromatic heterocycles. The van der Waals surface area contributed by atoms with Gasteiger partial charge in [-0.1, -0.05) is 69.3 Å². The summed E-state index contributed by atoms with van der Waals surface area (Å²) < 4.78 is 41.6. The van der Waals surface area contributed by atoms with E-state index < -0.39 is 11.7 Å². The molecular formula is C28H30F3N5O. The molecule has 3 N–H and O–H groups in total. The number of pyridine rings is 1. The fourth-order valence-corrected chi connectivity index (χ4v) is 4.12. The Morgan fingerprint density at radius 3 is 2.22 bits per heavy atom. The van der Waals surface area contributed by atoms with Gasteiger partial charge in [-0.05, 0) is 41.0 Å². The number of halogens is 3. The lowest BCUT2D eigenvalue weighted by Crippen LogP contribution is -2.19. The number of benzene rings is 2. The Hall–Kier alpha value is -3.88. The van der Waals surface area contributed by atoms with Crippen molar-refractivity contribution in [2.75, 3.05) is 5.73 Å². The molecule has 0 radical (unpaired) electrons. The summed E-state index contributed by atoms with van der Waals surface area (Å²) in [6, 6.07) is 15.9. The van der Waals surface area contributed by atoms with Gasteiger partial charge in [-0.15, -0.1) is 0 Å². The van der Waals surface area contributed by atoms with Crippen molar-refractivity contribution in [2.24, 2.45) is 0 Å². The zero-order chi connectivity index (χ0) is 26.8. The van der Waals surface area contributed by atoms with E-state index in [9.17, 15) is 18.0 Å². The Labute approximate surface area is 213 Å². The highest BCUT2D eigenvalue weighted by atomic mass is 19.4. The van der Waals surface area contributed by atoms with Crippen molar-refractivity contribution in [3.05, 3.63) is 99.4 Å². The van der Waals surface area contributed by atoms with Crippen LogP contribution in [0.15, 0.2) is 65.6 Å². The summed E-state index contributed by atoms with van der Waals surface area (Å²) in [7, 11) is 0. The first-order chi connectivity index (χ1) is 17.4. The van der Waals surface area contributed by atoms with E-state index in [0.29, 0.717) is 30.8 Å². The SMILES string of the molecule is CC(C)(C)c1ccc(Cn2nc(CCCc3ccc(-c4ncc(N)cc4C(F)(F)F)cc3)[nH]c2=O)cc1. The van der Waals surface area contributed by atoms with E-state index in [0.717, 1.165) is 23.6 Å². The number of nitrogen functional groups attached to an aromatic ring is 1. The van der Waals surface area contributed by atoms with E-state index in [2.05, 4.69) is 48.0 Å². The first-order valence-electron chi connectivity index (χ1n) is 12.1. The molecule has 0 unspecified atom stereocenters. The van der Waals surface area contributed by atoms with Crippen molar-refractivity contribution in [1.82, 2.24) is 19.7 Å². The van der Waals surface area contributed by atoms with Crippen molar-refractivity contribution in [3.8, 4) is 11.3 Å². The molecule has 0 atom stereocenters. The molecular weight excluding hydrogens is 479 g/mol. The summed E-state index contributed by atoms with van der Waals surface area (Å²) in [6.45, 7) is 6.85. The number of nitrogens with one attached hydrogen (secondary N) is 1. The van der Waals surface area contributed by atoms with Gasteiger partial charge in [-0.3, -0.25) is 9.97 Å². The molecule has 0 bridgehead atoms. The molecule has 2 heterocycles. The van der Waals surface area contributed by atoms with Gasteiger partial charge in [0.15, 0.2) is 0 Å². The average molecular weight is 510 g/mol. The van der Waals surface area contributed by atoms with Crippen LogP contribution in [0.4, 0.5) is 18.9 Å². The van der Waals surface area contributed by atoms with Gasteiger partial charge >= 0.3 is 11.9 Å². The molecule has 0 spiro atoms.